The predicted octanol–water partition coefficient (Wildman–Crippen LogP) is 2.21. The van der Waals surface area contributed by atoms with E-state index >= 15 is 0 Å². The van der Waals surface area contributed by atoms with Crippen LogP contribution in [0.2, 0.25) is 0 Å². The lowest BCUT2D eigenvalue weighted by molar-refractivity contribution is -0.384. The summed E-state index contributed by atoms with van der Waals surface area (Å²) in [4.78, 5) is 10.5. The van der Waals surface area contributed by atoms with E-state index in [0.717, 1.165) is 5.56 Å². The van der Waals surface area contributed by atoms with Crippen LogP contribution in [-0.4, -0.2) is 45.0 Å². The van der Waals surface area contributed by atoms with Gasteiger partial charge in [-0.3, -0.25) is 10.1 Å². The molecule has 7 nitrogen and oxygen atoms in total. The topological polar surface area (TPSA) is 82.9 Å². The summed E-state index contributed by atoms with van der Waals surface area (Å²) < 4.78 is 15.6. The molecule has 0 spiro atoms. The lowest BCUT2D eigenvalue weighted by atomic mass is 10.2. The fourth-order valence-corrected chi connectivity index (χ4v) is 1.72. The number of nitro groups is 1. The molecule has 0 radical (unpaired) electrons. The number of ether oxygens (including phenoxy) is 3. The van der Waals surface area contributed by atoms with E-state index < -0.39 is 4.92 Å². The van der Waals surface area contributed by atoms with E-state index in [0.29, 0.717) is 45.3 Å². The van der Waals surface area contributed by atoms with Gasteiger partial charge in [0.05, 0.1) is 38.0 Å². The number of hydrogen-bond donors (Lipinski definition) is 1. The maximum atomic E-state index is 10.9. The summed E-state index contributed by atoms with van der Waals surface area (Å²) >= 11 is 0. The Morgan fingerprint density at radius 1 is 1.19 bits per heavy atom. The zero-order valence-electron chi connectivity index (χ0n) is 12.5. The molecule has 21 heavy (non-hydrogen) atoms. The number of methoxy groups -OCH3 is 1. The van der Waals surface area contributed by atoms with Crippen molar-refractivity contribution in [3.8, 4) is 0 Å². The van der Waals surface area contributed by atoms with Crippen LogP contribution in [0.25, 0.3) is 0 Å². The van der Waals surface area contributed by atoms with Gasteiger partial charge in [0.2, 0.25) is 0 Å². The van der Waals surface area contributed by atoms with Gasteiger partial charge in [-0.05, 0) is 24.6 Å². The Bertz CT molecular complexity index is 439. The highest BCUT2D eigenvalue weighted by atomic mass is 16.6. The van der Waals surface area contributed by atoms with Crippen molar-refractivity contribution in [3.05, 3.63) is 33.9 Å². The first-order valence-electron chi connectivity index (χ1n) is 6.84. The van der Waals surface area contributed by atoms with Crippen LogP contribution < -0.4 is 5.32 Å². The summed E-state index contributed by atoms with van der Waals surface area (Å²) in [5.41, 5.74) is 1.47. The number of anilines is 1. The molecular formula is C14H22N2O5. The number of hydrogen-bond acceptors (Lipinski definition) is 6. The average Bonchev–Trinajstić information content (AvgIpc) is 2.46. The fraction of sp³-hybridized carbons (Fsp3) is 0.571. The van der Waals surface area contributed by atoms with Crippen LogP contribution in [0.5, 0.6) is 0 Å². The molecule has 0 atom stereocenters. The van der Waals surface area contributed by atoms with Crippen molar-refractivity contribution >= 4 is 11.4 Å². The highest BCUT2D eigenvalue weighted by Crippen LogP contribution is 2.25. The monoisotopic (exact) mass is 298 g/mol. The van der Waals surface area contributed by atoms with Crippen molar-refractivity contribution in [3.63, 3.8) is 0 Å². The van der Waals surface area contributed by atoms with Crippen molar-refractivity contribution in [2.24, 2.45) is 0 Å². The molecule has 0 unspecified atom stereocenters. The molecule has 1 rings (SSSR count). The van der Waals surface area contributed by atoms with Crippen molar-refractivity contribution < 1.29 is 19.1 Å². The molecule has 0 aliphatic heterocycles. The first-order valence-corrected chi connectivity index (χ1v) is 6.84. The fourth-order valence-electron chi connectivity index (χ4n) is 1.72. The third-order valence-corrected chi connectivity index (χ3v) is 2.70. The molecule has 0 aromatic heterocycles. The van der Waals surface area contributed by atoms with Crippen LogP contribution in [0.1, 0.15) is 12.5 Å². The van der Waals surface area contributed by atoms with Crippen LogP contribution in [0.15, 0.2) is 18.2 Å². The van der Waals surface area contributed by atoms with Crippen molar-refractivity contribution in [2.45, 2.75) is 13.5 Å². The van der Waals surface area contributed by atoms with Gasteiger partial charge in [-0.2, -0.15) is 0 Å². The van der Waals surface area contributed by atoms with Crippen LogP contribution >= 0.6 is 0 Å². The number of nitro benzene ring substituents is 1. The molecule has 7 heteroatoms. The van der Waals surface area contributed by atoms with Crippen LogP contribution in [0.4, 0.5) is 11.4 Å². The molecule has 0 saturated heterocycles. The van der Waals surface area contributed by atoms with Gasteiger partial charge in [0.1, 0.15) is 5.69 Å². The number of nitrogens with zero attached hydrogens (tertiary/aromatic N) is 1. The maximum absolute atomic E-state index is 10.9. The highest BCUT2D eigenvalue weighted by molar-refractivity contribution is 5.62. The summed E-state index contributed by atoms with van der Waals surface area (Å²) in [6.07, 6.45) is 0. The highest BCUT2D eigenvalue weighted by Gasteiger charge is 2.13. The summed E-state index contributed by atoms with van der Waals surface area (Å²) in [6, 6.07) is 4.93. The molecule has 0 bridgehead atoms. The minimum absolute atomic E-state index is 0.0727. The Labute approximate surface area is 124 Å². The summed E-state index contributed by atoms with van der Waals surface area (Å²) in [5, 5.41) is 13.9. The van der Waals surface area contributed by atoms with Gasteiger partial charge in [-0.1, -0.05) is 0 Å². The maximum Gasteiger partial charge on any atom is 0.292 e. The van der Waals surface area contributed by atoms with Crippen LogP contribution in [0, 0.1) is 10.1 Å². The van der Waals surface area contributed by atoms with Crippen molar-refractivity contribution in [1.82, 2.24) is 0 Å². The van der Waals surface area contributed by atoms with E-state index in [9.17, 15) is 10.1 Å². The largest absolute Gasteiger partial charge is 0.382 e. The standard InChI is InChI=1S/C14H22N2O5/c1-3-15-13-10-12(4-5-14(13)16(17)18)11-21-9-8-20-7-6-19-2/h4-5,10,15H,3,6-9,11H2,1-2H3. The van der Waals surface area contributed by atoms with E-state index in [1.807, 2.05) is 6.92 Å². The average molecular weight is 298 g/mol. The molecule has 0 amide bonds. The van der Waals surface area contributed by atoms with Crippen LogP contribution in [-0.2, 0) is 20.8 Å². The molecule has 0 aliphatic rings. The SMILES string of the molecule is CCNc1cc(COCCOCCOC)ccc1[N+](=O)[O-]. The Hall–Kier alpha value is -1.70. The number of benzene rings is 1. The zero-order chi connectivity index (χ0) is 15.5. The van der Waals surface area contributed by atoms with Crippen molar-refractivity contribution in [1.29, 1.82) is 0 Å². The van der Waals surface area contributed by atoms with E-state index in [2.05, 4.69) is 5.32 Å². The van der Waals surface area contributed by atoms with Gasteiger partial charge in [-0.15, -0.1) is 0 Å². The van der Waals surface area contributed by atoms with Gasteiger partial charge in [0, 0.05) is 19.7 Å². The Morgan fingerprint density at radius 2 is 1.90 bits per heavy atom. The molecule has 1 aromatic carbocycles. The first-order chi connectivity index (χ1) is 10.2. The second-order valence-corrected chi connectivity index (χ2v) is 4.30. The van der Waals surface area contributed by atoms with E-state index in [4.69, 9.17) is 14.2 Å². The minimum atomic E-state index is -0.397. The third kappa shape index (κ3) is 6.52. The summed E-state index contributed by atoms with van der Waals surface area (Å²) in [5.74, 6) is 0. The molecule has 1 N–H and O–H groups in total. The predicted molar refractivity (Wildman–Crippen MR) is 79.6 cm³/mol. The van der Waals surface area contributed by atoms with E-state index in [1.165, 1.54) is 6.07 Å². The zero-order valence-corrected chi connectivity index (χ0v) is 12.5. The Balaban J connectivity index is 2.41. The molecule has 1 aromatic rings. The second-order valence-electron chi connectivity index (χ2n) is 4.30. The minimum Gasteiger partial charge on any atom is -0.382 e. The van der Waals surface area contributed by atoms with E-state index in [1.54, 1.807) is 19.2 Å². The first kappa shape index (κ1) is 17.4. The summed E-state index contributed by atoms with van der Waals surface area (Å²) in [7, 11) is 1.62. The van der Waals surface area contributed by atoms with E-state index in [-0.39, 0.29) is 5.69 Å². The second kappa shape index (κ2) is 10.1. The Morgan fingerprint density at radius 3 is 2.57 bits per heavy atom. The molecular weight excluding hydrogens is 276 g/mol. The van der Waals surface area contributed by atoms with Crippen molar-refractivity contribution in [2.75, 3.05) is 45.4 Å². The molecule has 0 heterocycles. The molecule has 118 valence electrons. The quantitative estimate of drug-likeness (QED) is 0.383. The molecule has 0 saturated carbocycles. The summed E-state index contributed by atoms with van der Waals surface area (Å²) in [6.45, 7) is 4.98. The van der Waals surface area contributed by atoms with Gasteiger partial charge in [-0.25, -0.2) is 0 Å². The lowest BCUT2D eigenvalue weighted by Gasteiger charge is -2.09. The van der Waals surface area contributed by atoms with Gasteiger partial charge in [0.15, 0.2) is 0 Å². The third-order valence-electron chi connectivity index (χ3n) is 2.70. The van der Waals surface area contributed by atoms with Gasteiger partial charge < -0.3 is 19.5 Å². The number of rotatable bonds is 11. The van der Waals surface area contributed by atoms with Gasteiger partial charge >= 0.3 is 0 Å². The normalized spacial score (nSPS) is 10.6. The number of nitrogens with one attached hydrogen (secondary N) is 1. The van der Waals surface area contributed by atoms with Gasteiger partial charge in [0.25, 0.3) is 5.69 Å². The molecule has 0 fully saturated rings. The van der Waals surface area contributed by atoms with Crippen LogP contribution in [0.3, 0.4) is 0 Å². The molecule has 0 aliphatic carbocycles. The lowest BCUT2D eigenvalue weighted by Crippen LogP contribution is -2.08. The smallest absolute Gasteiger partial charge is 0.292 e. The Kier molecular flexibility index (Phi) is 8.34.